The highest BCUT2D eigenvalue weighted by atomic mass is 16.7. The highest BCUT2D eigenvalue weighted by molar-refractivity contribution is 6.14. The summed E-state index contributed by atoms with van der Waals surface area (Å²) in [5.74, 6) is 3.49. The summed E-state index contributed by atoms with van der Waals surface area (Å²) in [6, 6.07) is 8.25. The molecule has 0 unspecified atom stereocenters. The minimum atomic E-state index is 0.242. The Morgan fingerprint density at radius 1 is 0.857 bits per heavy atom. The minimum Gasteiger partial charge on any atom is -0.492 e. The number of methoxy groups -OCH3 is 3. The van der Waals surface area contributed by atoms with E-state index in [2.05, 4.69) is 31.1 Å². The van der Waals surface area contributed by atoms with E-state index < -0.39 is 0 Å². The van der Waals surface area contributed by atoms with Crippen LogP contribution in [0.1, 0.15) is 5.56 Å². The summed E-state index contributed by atoms with van der Waals surface area (Å²) in [5, 5.41) is 4.17. The summed E-state index contributed by atoms with van der Waals surface area (Å²) in [6.07, 6.45) is 0.823. The van der Waals surface area contributed by atoms with E-state index in [9.17, 15) is 0 Å². The first-order chi connectivity index (χ1) is 13.6. The number of ether oxygens (including phenoxy) is 5. The van der Waals surface area contributed by atoms with Crippen LogP contribution in [0.5, 0.6) is 28.7 Å². The van der Waals surface area contributed by atoms with E-state index in [-0.39, 0.29) is 6.79 Å². The Bertz CT molecular complexity index is 1040. The van der Waals surface area contributed by atoms with Gasteiger partial charge < -0.3 is 28.6 Å². The lowest BCUT2D eigenvalue weighted by Gasteiger charge is -2.21. The molecule has 1 aliphatic rings. The molecule has 3 aromatic carbocycles. The highest BCUT2D eigenvalue weighted by Gasteiger charge is 2.25. The molecule has 6 nitrogen and oxygen atoms in total. The van der Waals surface area contributed by atoms with Crippen molar-refractivity contribution in [3.63, 3.8) is 0 Å². The van der Waals surface area contributed by atoms with Gasteiger partial charge in [0, 0.05) is 17.5 Å². The van der Waals surface area contributed by atoms with Gasteiger partial charge in [0.25, 0.3) is 0 Å². The van der Waals surface area contributed by atoms with Gasteiger partial charge in [0.05, 0.1) is 21.3 Å². The first-order valence-corrected chi connectivity index (χ1v) is 9.20. The van der Waals surface area contributed by atoms with Gasteiger partial charge in [-0.3, -0.25) is 0 Å². The average molecular weight is 383 g/mol. The van der Waals surface area contributed by atoms with E-state index in [4.69, 9.17) is 23.7 Å². The van der Waals surface area contributed by atoms with Crippen molar-refractivity contribution in [3.8, 4) is 28.7 Å². The Balaban J connectivity index is 2.11. The second-order valence-corrected chi connectivity index (χ2v) is 7.05. The molecule has 4 rings (SSSR count). The fourth-order valence-corrected chi connectivity index (χ4v) is 3.87. The predicted octanol–water partition coefficient (Wildman–Crippen LogP) is 3.85. The molecule has 0 aromatic heterocycles. The second-order valence-electron chi connectivity index (χ2n) is 7.05. The smallest absolute Gasteiger partial charge is 0.231 e. The molecule has 148 valence electrons. The van der Waals surface area contributed by atoms with Crippen LogP contribution in [-0.4, -0.2) is 53.7 Å². The van der Waals surface area contributed by atoms with Crippen molar-refractivity contribution in [2.75, 3.05) is 48.8 Å². The van der Waals surface area contributed by atoms with Gasteiger partial charge in [0.15, 0.2) is 23.0 Å². The molecule has 28 heavy (non-hydrogen) atoms. The van der Waals surface area contributed by atoms with Gasteiger partial charge in [0.1, 0.15) is 0 Å². The van der Waals surface area contributed by atoms with Crippen LogP contribution in [0.4, 0.5) is 0 Å². The fraction of sp³-hybridized carbons (Fsp3) is 0.364. The first-order valence-electron chi connectivity index (χ1n) is 9.20. The van der Waals surface area contributed by atoms with Crippen molar-refractivity contribution in [1.82, 2.24) is 4.90 Å². The monoisotopic (exact) mass is 383 g/mol. The lowest BCUT2D eigenvalue weighted by atomic mass is 9.94. The number of fused-ring (bicyclic) bond motifs is 4. The Morgan fingerprint density at radius 3 is 2.18 bits per heavy atom. The summed E-state index contributed by atoms with van der Waals surface area (Å²) in [6.45, 7) is 1.13. The van der Waals surface area contributed by atoms with Crippen LogP contribution < -0.4 is 23.7 Å². The SMILES string of the molecule is COc1c(OC)c(OC)c2c(ccc3cc4c(cc32)OCO4)c1CCN(C)C. The summed E-state index contributed by atoms with van der Waals surface area (Å²) in [4.78, 5) is 2.15. The van der Waals surface area contributed by atoms with E-state index >= 15 is 0 Å². The quantitative estimate of drug-likeness (QED) is 0.603. The van der Waals surface area contributed by atoms with Crippen LogP contribution in [0.3, 0.4) is 0 Å². The summed E-state index contributed by atoms with van der Waals surface area (Å²) in [5.41, 5.74) is 1.10. The minimum absolute atomic E-state index is 0.242. The molecule has 0 amide bonds. The summed E-state index contributed by atoms with van der Waals surface area (Å²) < 4.78 is 28.5. The van der Waals surface area contributed by atoms with Gasteiger partial charge >= 0.3 is 0 Å². The molecule has 3 aromatic rings. The number of rotatable bonds is 6. The molecular weight excluding hydrogens is 358 g/mol. The molecule has 6 heteroatoms. The molecule has 0 spiro atoms. The number of benzene rings is 3. The normalized spacial score (nSPS) is 12.8. The first kappa shape index (κ1) is 18.5. The van der Waals surface area contributed by atoms with E-state index in [0.29, 0.717) is 17.2 Å². The standard InChI is InChI=1S/C22H25NO5/c1-23(2)9-8-15-14-7-6-13-10-17-18(28-12-27-17)11-16(13)19(14)21(25-4)22(26-5)20(15)24-3/h6-7,10-11H,8-9,12H2,1-5H3. The Labute approximate surface area is 164 Å². The molecule has 0 atom stereocenters. The Hall–Kier alpha value is -2.86. The maximum Gasteiger partial charge on any atom is 0.231 e. The molecule has 1 heterocycles. The third-order valence-electron chi connectivity index (χ3n) is 5.17. The Morgan fingerprint density at radius 2 is 1.54 bits per heavy atom. The third-order valence-corrected chi connectivity index (χ3v) is 5.17. The van der Waals surface area contributed by atoms with Crippen LogP contribution in [-0.2, 0) is 6.42 Å². The van der Waals surface area contributed by atoms with Crippen LogP contribution in [0.15, 0.2) is 24.3 Å². The highest BCUT2D eigenvalue weighted by Crippen LogP contribution is 2.50. The lowest BCUT2D eigenvalue weighted by molar-refractivity contribution is 0.174. The van der Waals surface area contributed by atoms with Crippen molar-refractivity contribution >= 4 is 21.5 Å². The van der Waals surface area contributed by atoms with Gasteiger partial charge in [-0.2, -0.15) is 0 Å². The molecule has 0 N–H and O–H groups in total. The van der Waals surface area contributed by atoms with E-state index in [1.807, 2.05) is 12.1 Å². The van der Waals surface area contributed by atoms with E-state index in [1.165, 1.54) is 0 Å². The predicted molar refractivity (Wildman–Crippen MR) is 109 cm³/mol. The van der Waals surface area contributed by atoms with Gasteiger partial charge in [-0.05, 0) is 48.8 Å². The zero-order valence-corrected chi connectivity index (χ0v) is 16.9. The maximum absolute atomic E-state index is 5.81. The van der Waals surface area contributed by atoms with Crippen molar-refractivity contribution in [2.24, 2.45) is 0 Å². The number of hydrogen-bond acceptors (Lipinski definition) is 6. The maximum atomic E-state index is 5.81. The van der Waals surface area contributed by atoms with Gasteiger partial charge in [-0.25, -0.2) is 0 Å². The number of nitrogens with zero attached hydrogens (tertiary/aromatic N) is 1. The number of hydrogen-bond donors (Lipinski definition) is 0. The van der Waals surface area contributed by atoms with Crippen molar-refractivity contribution in [3.05, 3.63) is 29.8 Å². The van der Waals surface area contributed by atoms with Crippen LogP contribution in [0.2, 0.25) is 0 Å². The second kappa shape index (κ2) is 7.28. The van der Waals surface area contributed by atoms with Crippen LogP contribution >= 0.6 is 0 Å². The van der Waals surface area contributed by atoms with Crippen molar-refractivity contribution in [1.29, 1.82) is 0 Å². The molecule has 0 aliphatic carbocycles. The Kier molecular flexibility index (Phi) is 4.81. The van der Waals surface area contributed by atoms with Crippen molar-refractivity contribution in [2.45, 2.75) is 6.42 Å². The molecule has 0 bridgehead atoms. The molecular formula is C22H25NO5. The summed E-state index contributed by atoms with van der Waals surface area (Å²) >= 11 is 0. The van der Waals surface area contributed by atoms with E-state index in [1.54, 1.807) is 21.3 Å². The average Bonchev–Trinajstić information content (AvgIpc) is 3.16. The van der Waals surface area contributed by atoms with Gasteiger partial charge in [0.2, 0.25) is 12.5 Å². The lowest BCUT2D eigenvalue weighted by Crippen LogP contribution is -2.16. The fourth-order valence-electron chi connectivity index (χ4n) is 3.87. The van der Waals surface area contributed by atoms with E-state index in [0.717, 1.165) is 51.6 Å². The van der Waals surface area contributed by atoms with Gasteiger partial charge in [-0.1, -0.05) is 12.1 Å². The van der Waals surface area contributed by atoms with Crippen molar-refractivity contribution < 1.29 is 23.7 Å². The molecule has 0 radical (unpaired) electrons. The largest absolute Gasteiger partial charge is 0.492 e. The molecule has 0 fully saturated rings. The third kappa shape index (κ3) is 2.85. The van der Waals surface area contributed by atoms with Gasteiger partial charge in [-0.15, -0.1) is 0 Å². The number of likely N-dealkylation sites (N-methyl/N-ethyl adjacent to an activating group) is 1. The molecule has 0 saturated heterocycles. The zero-order valence-electron chi connectivity index (χ0n) is 16.9. The topological polar surface area (TPSA) is 49.4 Å². The zero-order chi connectivity index (χ0) is 19.8. The van der Waals surface area contributed by atoms with Crippen LogP contribution in [0, 0.1) is 0 Å². The molecule has 0 saturated carbocycles. The molecule has 1 aliphatic heterocycles. The van der Waals surface area contributed by atoms with Crippen LogP contribution in [0.25, 0.3) is 21.5 Å². The summed E-state index contributed by atoms with van der Waals surface area (Å²) in [7, 11) is 9.09.